The van der Waals surface area contributed by atoms with Crippen LogP contribution in [0.1, 0.15) is 0 Å². The third kappa shape index (κ3) is 2.17. The lowest BCUT2D eigenvalue weighted by Gasteiger charge is -1.94. The molecular formula is C2H4F2O3S. The summed E-state index contributed by atoms with van der Waals surface area (Å²) in [7, 11) is -4.79. The molecule has 0 radical (unpaired) electrons. The van der Waals surface area contributed by atoms with Crippen LogP contribution in [0.15, 0.2) is 0 Å². The Balaban J connectivity index is 4.04. The third-order valence-electron chi connectivity index (χ3n) is 0.445. The molecule has 0 spiro atoms. The van der Waals surface area contributed by atoms with Crippen molar-refractivity contribution in [2.75, 3.05) is 6.67 Å². The van der Waals surface area contributed by atoms with E-state index in [1.807, 2.05) is 0 Å². The second kappa shape index (κ2) is 2.36. The van der Waals surface area contributed by atoms with Crippen molar-refractivity contribution >= 4 is 10.1 Å². The quantitative estimate of drug-likeness (QED) is 0.564. The van der Waals surface area contributed by atoms with Gasteiger partial charge in [-0.25, -0.2) is 8.78 Å². The van der Waals surface area contributed by atoms with Gasteiger partial charge in [-0.3, -0.25) is 4.55 Å². The zero-order valence-electron chi connectivity index (χ0n) is 3.71. The fourth-order valence-electron chi connectivity index (χ4n) is 0.0796. The Morgan fingerprint density at radius 1 is 1.62 bits per heavy atom. The van der Waals surface area contributed by atoms with Crippen molar-refractivity contribution in [1.82, 2.24) is 0 Å². The van der Waals surface area contributed by atoms with Crippen LogP contribution in [0.5, 0.6) is 0 Å². The van der Waals surface area contributed by atoms with Crippen molar-refractivity contribution in [1.29, 1.82) is 0 Å². The normalized spacial score (nSPS) is 15.9. The van der Waals surface area contributed by atoms with Crippen LogP contribution in [0.25, 0.3) is 0 Å². The molecule has 0 aliphatic rings. The Hall–Kier alpha value is -0.230. The first-order valence-corrected chi connectivity index (χ1v) is 3.15. The van der Waals surface area contributed by atoms with Crippen molar-refractivity contribution in [2.45, 2.75) is 5.50 Å². The molecule has 0 bridgehead atoms. The van der Waals surface area contributed by atoms with Crippen molar-refractivity contribution < 1.29 is 21.8 Å². The summed E-state index contributed by atoms with van der Waals surface area (Å²) in [4.78, 5) is 0. The molecule has 0 fully saturated rings. The molecule has 0 heterocycles. The molecule has 0 aromatic carbocycles. The lowest BCUT2D eigenvalue weighted by Crippen LogP contribution is -2.16. The molecule has 0 saturated heterocycles. The second-order valence-electron chi connectivity index (χ2n) is 1.08. The maximum absolute atomic E-state index is 11.4. The van der Waals surface area contributed by atoms with E-state index < -0.39 is 22.3 Å². The zero-order valence-corrected chi connectivity index (χ0v) is 4.53. The van der Waals surface area contributed by atoms with Crippen LogP contribution in [0.4, 0.5) is 8.78 Å². The van der Waals surface area contributed by atoms with Crippen LogP contribution in [0, 0.1) is 0 Å². The van der Waals surface area contributed by atoms with Crippen LogP contribution < -0.4 is 0 Å². The van der Waals surface area contributed by atoms with E-state index in [1.54, 1.807) is 0 Å². The predicted octanol–water partition coefficient (Wildman–Crippen LogP) is 0.139. The van der Waals surface area contributed by atoms with Gasteiger partial charge in [-0.1, -0.05) is 0 Å². The van der Waals surface area contributed by atoms with E-state index in [-0.39, 0.29) is 0 Å². The van der Waals surface area contributed by atoms with Gasteiger partial charge >= 0.3 is 0 Å². The lowest BCUT2D eigenvalue weighted by atomic mass is 10.9. The molecule has 0 aromatic heterocycles. The lowest BCUT2D eigenvalue weighted by molar-refractivity contribution is 0.309. The summed E-state index contributed by atoms with van der Waals surface area (Å²) < 4.78 is 49.0. The Morgan fingerprint density at radius 3 is 2.00 bits per heavy atom. The molecule has 0 aromatic rings. The largest absolute Gasteiger partial charge is 0.300 e. The van der Waals surface area contributed by atoms with Gasteiger partial charge in [-0.2, -0.15) is 8.42 Å². The molecule has 0 aliphatic heterocycles. The number of hydrogen-bond donors (Lipinski definition) is 1. The summed E-state index contributed by atoms with van der Waals surface area (Å²) in [6, 6.07) is 0. The van der Waals surface area contributed by atoms with Crippen LogP contribution >= 0.6 is 0 Å². The molecule has 50 valence electrons. The topological polar surface area (TPSA) is 54.4 Å². The molecule has 0 saturated carbocycles. The van der Waals surface area contributed by atoms with Crippen LogP contribution in [-0.4, -0.2) is 25.1 Å². The molecule has 8 heavy (non-hydrogen) atoms. The minimum atomic E-state index is -4.79. The van der Waals surface area contributed by atoms with Crippen LogP contribution in [0.3, 0.4) is 0 Å². The van der Waals surface area contributed by atoms with Gasteiger partial charge in [0.05, 0.1) is 0 Å². The number of hydrogen-bond acceptors (Lipinski definition) is 2. The number of halogens is 2. The monoisotopic (exact) mass is 146 g/mol. The molecule has 1 N–H and O–H groups in total. The Labute approximate surface area is 45.1 Å². The van der Waals surface area contributed by atoms with Gasteiger partial charge < -0.3 is 0 Å². The first kappa shape index (κ1) is 7.77. The Bertz CT molecular complexity index is 151. The third-order valence-corrected chi connectivity index (χ3v) is 1.22. The smallest absolute Gasteiger partial charge is 0.283 e. The summed E-state index contributed by atoms with van der Waals surface area (Å²) in [6.07, 6.45) is 0. The fraction of sp³-hybridized carbons (Fsp3) is 1.00. The Morgan fingerprint density at radius 2 is 2.00 bits per heavy atom. The molecule has 6 heteroatoms. The van der Waals surface area contributed by atoms with Crippen molar-refractivity contribution in [3.63, 3.8) is 0 Å². The highest BCUT2D eigenvalue weighted by atomic mass is 32.2. The highest BCUT2D eigenvalue weighted by molar-refractivity contribution is 7.86. The van der Waals surface area contributed by atoms with Gasteiger partial charge in [0.15, 0.2) is 0 Å². The zero-order chi connectivity index (χ0) is 6.78. The van der Waals surface area contributed by atoms with Crippen LogP contribution in [-0.2, 0) is 10.1 Å². The van der Waals surface area contributed by atoms with Gasteiger partial charge in [-0.05, 0) is 0 Å². The summed E-state index contributed by atoms with van der Waals surface area (Å²) in [5.41, 5.74) is -2.79. The van der Waals surface area contributed by atoms with E-state index in [2.05, 4.69) is 0 Å². The summed E-state index contributed by atoms with van der Waals surface area (Å²) in [5, 5.41) is 0. The van der Waals surface area contributed by atoms with Crippen molar-refractivity contribution in [2.24, 2.45) is 0 Å². The van der Waals surface area contributed by atoms with Gasteiger partial charge in [0.25, 0.3) is 15.6 Å². The first-order chi connectivity index (χ1) is 3.48. The summed E-state index contributed by atoms with van der Waals surface area (Å²) >= 11 is 0. The van der Waals surface area contributed by atoms with E-state index in [1.165, 1.54) is 0 Å². The van der Waals surface area contributed by atoms with Gasteiger partial charge in [0.1, 0.15) is 6.67 Å². The molecule has 0 aliphatic carbocycles. The SMILES string of the molecule is O=S(=O)(O)C(F)CF. The second-order valence-corrected chi connectivity index (χ2v) is 2.62. The minimum absolute atomic E-state index is 1.71. The summed E-state index contributed by atoms with van der Waals surface area (Å²) in [5.74, 6) is 0. The maximum atomic E-state index is 11.4. The molecule has 0 rings (SSSR count). The maximum Gasteiger partial charge on any atom is 0.300 e. The number of rotatable bonds is 2. The molecule has 3 nitrogen and oxygen atoms in total. The standard InChI is InChI=1S/C2H4F2O3S/c3-1-2(4)8(5,6)7/h2H,1H2,(H,5,6,7). The molecule has 1 atom stereocenters. The predicted molar refractivity (Wildman–Crippen MR) is 22.4 cm³/mol. The highest BCUT2D eigenvalue weighted by Gasteiger charge is 2.20. The van der Waals surface area contributed by atoms with E-state index in [4.69, 9.17) is 4.55 Å². The molecule has 0 amide bonds. The molecule has 1 unspecified atom stereocenters. The van der Waals surface area contributed by atoms with E-state index in [0.29, 0.717) is 0 Å². The minimum Gasteiger partial charge on any atom is -0.283 e. The van der Waals surface area contributed by atoms with Gasteiger partial charge in [0.2, 0.25) is 0 Å². The highest BCUT2D eigenvalue weighted by Crippen LogP contribution is 1.99. The van der Waals surface area contributed by atoms with Crippen LogP contribution in [0.2, 0.25) is 0 Å². The fourth-order valence-corrected chi connectivity index (χ4v) is 0.239. The summed E-state index contributed by atoms with van der Waals surface area (Å²) in [6.45, 7) is -1.71. The van der Waals surface area contributed by atoms with E-state index in [0.717, 1.165) is 0 Å². The Kier molecular flexibility index (Phi) is 2.29. The van der Waals surface area contributed by atoms with E-state index >= 15 is 0 Å². The van der Waals surface area contributed by atoms with Crippen molar-refractivity contribution in [3.05, 3.63) is 0 Å². The number of alkyl halides is 2. The average molecular weight is 146 g/mol. The average Bonchev–Trinajstić information content (AvgIpc) is 1.62. The molecular weight excluding hydrogens is 142 g/mol. The van der Waals surface area contributed by atoms with Gasteiger partial charge in [0, 0.05) is 0 Å². The van der Waals surface area contributed by atoms with E-state index in [9.17, 15) is 17.2 Å². The first-order valence-electron chi connectivity index (χ1n) is 1.65. The van der Waals surface area contributed by atoms with Crippen molar-refractivity contribution in [3.8, 4) is 0 Å². The van der Waals surface area contributed by atoms with Gasteiger partial charge in [-0.15, -0.1) is 0 Å².